The fourth-order valence-electron chi connectivity index (χ4n) is 3.16. The first-order valence-corrected chi connectivity index (χ1v) is 9.94. The quantitative estimate of drug-likeness (QED) is 0.305. The molecule has 29 heavy (non-hydrogen) atoms. The van der Waals surface area contributed by atoms with Gasteiger partial charge in [0, 0.05) is 6.08 Å². The highest BCUT2D eigenvalue weighted by molar-refractivity contribution is 5.87. The molecule has 1 unspecified atom stereocenters. The molecule has 0 saturated heterocycles. The molecule has 4 nitrogen and oxygen atoms in total. The Bertz CT molecular complexity index is 730. The maximum atomic E-state index is 11.7. The van der Waals surface area contributed by atoms with Crippen LogP contribution in [-0.4, -0.2) is 24.6 Å². The van der Waals surface area contributed by atoms with Gasteiger partial charge in [0.1, 0.15) is 6.79 Å². The molecule has 0 aliphatic heterocycles. The van der Waals surface area contributed by atoms with Gasteiger partial charge in [-0.25, -0.2) is 4.79 Å². The lowest BCUT2D eigenvalue weighted by Gasteiger charge is -2.32. The monoisotopic (exact) mass is 400 g/mol. The van der Waals surface area contributed by atoms with Crippen LogP contribution in [0.4, 0.5) is 0 Å². The van der Waals surface area contributed by atoms with Gasteiger partial charge >= 0.3 is 5.97 Å². The van der Waals surface area contributed by atoms with Crippen LogP contribution in [-0.2, 0) is 19.1 Å². The molecule has 0 aromatic rings. The zero-order chi connectivity index (χ0) is 22.6. The minimum atomic E-state index is -0.709. The van der Waals surface area contributed by atoms with Crippen molar-refractivity contribution in [2.24, 2.45) is 5.41 Å². The normalized spacial score (nSPS) is 18.4. The Hall–Kier alpha value is -2.49. The van der Waals surface area contributed by atoms with Crippen molar-refractivity contribution in [3.8, 4) is 0 Å². The van der Waals surface area contributed by atoms with Gasteiger partial charge in [0.25, 0.3) is 0 Å². The third-order valence-electron chi connectivity index (χ3n) is 4.98. The lowest BCUT2D eigenvalue weighted by Crippen LogP contribution is -2.20. The average molecular weight is 401 g/mol. The molecule has 0 fully saturated rings. The van der Waals surface area contributed by atoms with Crippen LogP contribution in [0.2, 0.25) is 0 Å². The molecule has 0 heterocycles. The number of allylic oxidation sites excluding steroid dienone is 9. The number of carbonyl (C=O) groups excluding carboxylic acids is 3. The SMILES string of the molecule is C=O.CC(=O)C(C)OC(=O)/C=C(C)/C=C/C=C(C)/C=C/C1=C(C)CCCC1(C)C. The fraction of sp³-hybridized carbons (Fsp3) is 0.480. The van der Waals surface area contributed by atoms with E-state index in [1.807, 2.05) is 31.9 Å². The molecule has 1 rings (SSSR count). The second kappa shape index (κ2) is 12.9. The summed E-state index contributed by atoms with van der Waals surface area (Å²) in [6, 6.07) is 0. The van der Waals surface area contributed by atoms with Crippen LogP contribution in [0.5, 0.6) is 0 Å². The number of ketones is 1. The Balaban J connectivity index is 0.00000379. The van der Waals surface area contributed by atoms with E-state index in [1.54, 1.807) is 6.92 Å². The van der Waals surface area contributed by atoms with Crippen molar-refractivity contribution in [2.45, 2.75) is 73.8 Å². The minimum absolute atomic E-state index is 0.165. The van der Waals surface area contributed by atoms with Crippen molar-refractivity contribution in [1.29, 1.82) is 0 Å². The summed E-state index contributed by atoms with van der Waals surface area (Å²) < 4.78 is 5.01. The maximum absolute atomic E-state index is 11.7. The third-order valence-corrected chi connectivity index (χ3v) is 4.98. The van der Waals surface area contributed by atoms with Crippen molar-refractivity contribution in [3.63, 3.8) is 0 Å². The van der Waals surface area contributed by atoms with E-state index in [1.165, 1.54) is 43.4 Å². The van der Waals surface area contributed by atoms with E-state index in [9.17, 15) is 9.59 Å². The van der Waals surface area contributed by atoms with Crippen molar-refractivity contribution in [3.05, 3.63) is 58.7 Å². The summed E-state index contributed by atoms with van der Waals surface area (Å²) >= 11 is 0. The van der Waals surface area contributed by atoms with E-state index < -0.39 is 12.1 Å². The molecular weight excluding hydrogens is 364 g/mol. The molecule has 0 saturated carbocycles. The summed E-state index contributed by atoms with van der Waals surface area (Å²) in [6.45, 7) is 15.7. The van der Waals surface area contributed by atoms with Gasteiger partial charge in [0.2, 0.25) is 0 Å². The van der Waals surface area contributed by atoms with Crippen LogP contribution in [0.3, 0.4) is 0 Å². The van der Waals surface area contributed by atoms with E-state index >= 15 is 0 Å². The minimum Gasteiger partial charge on any atom is -0.452 e. The standard InChI is InChI=1S/C24H34O3.CH2O/c1-17(13-14-22-19(3)12-9-15-24(22,6)7)10-8-11-18(2)16-23(26)27-21(5)20(4)25;1-2/h8,10-11,13-14,16,21H,9,12,15H2,1-7H3;1H2/b11-8+,14-13+,17-10+,18-16+;. The second-order valence-electron chi connectivity index (χ2n) is 8.11. The predicted molar refractivity (Wildman–Crippen MR) is 119 cm³/mol. The van der Waals surface area contributed by atoms with Gasteiger partial charge in [-0.3, -0.25) is 4.79 Å². The van der Waals surface area contributed by atoms with E-state index in [2.05, 4.69) is 39.8 Å². The molecular formula is C25H36O4. The van der Waals surface area contributed by atoms with E-state index in [0.29, 0.717) is 0 Å². The predicted octanol–water partition coefficient (Wildman–Crippen LogP) is 5.85. The largest absolute Gasteiger partial charge is 0.452 e. The highest BCUT2D eigenvalue weighted by Gasteiger charge is 2.26. The van der Waals surface area contributed by atoms with E-state index in [-0.39, 0.29) is 11.2 Å². The van der Waals surface area contributed by atoms with Crippen molar-refractivity contribution >= 4 is 18.5 Å². The number of carbonyl (C=O) groups is 3. The second-order valence-corrected chi connectivity index (χ2v) is 8.11. The van der Waals surface area contributed by atoms with Gasteiger partial charge in [0.05, 0.1) is 0 Å². The maximum Gasteiger partial charge on any atom is 0.331 e. The number of hydrogen-bond donors (Lipinski definition) is 0. The van der Waals surface area contributed by atoms with E-state index in [4.69, 9.17) is 9.53 Å². The van der Waals surface area contributed by atoms with Gasteiger partial charge in [-0.05, 0) is 70.4 Å². The van der Waals surface area contributed by atoms with Gasteiger partial charge in [-0.2, -0.15) is 0 Å². The molecule has 0 aromatic heterocycles. The fourth-order valence-corrected chi connectivity index (χ4v) is 3.16. The molecule has 1 atom stereocenters. The summed E-state index contributed by atoms with van der Waals surface area (Å²) in [5, 5.41) is 0. The molecule has 0 aromatic carbocycles. The van der Waals surface area contributed by atoms with Crippen LogP contribution in [0.25, 0.3) is 0 Å². The highest BCUT2D eigenvalue weighted by Crippen LogP contribution is 2.40. The number of rotatable bonds is 7. The van der Waals surface area contributed by atoms with Crippen LogP contribution < -0.4 is 0 Å². The van der Waals surface area contributed by atoms with Crippen molar-refractivity contribution in [1.82, 2.24) is 0 Å². The Kier molecular flexibility index (Phi) is 11.8. The molecule has 0 bridgehead atoms. The Morgan fingerprint density at radius 2 is 1.72 bits per heavy atom. The topological polar surface area (TPSA) is 60.4 Å². The Labute approximate surface area is 176 Å². The molecule has 0 amide bonds. The molecule has 0 radical (unpaired) electrons. The lowest BCUT2D eigenvalue weighted by molar-refractivity contribution is -0.148. The number of esters is 1. The smallest absolute Gasteiger partial charge is 0.331 e. The Morgan fingerprint density at radius 1 is 1.10 bits per heavy atom. The summed E-state index contributed by atoms with van der Waals surface area (Å²) in [5.41, 5.74) is 5.10. The van der Waals surface area contributed by atoms with Crippen molar-refractivity contribution < 1.29 is 19.1 Å². The summed E-state index contributed by atoms with van der Waals surface area (Å²) in [5.74, 6) is -0.663. The van der Waals surface area contributed by atoms with Gasteiger partial charge < -0.3 is 9.53 Å². The zero-order valence-corrected chi connectivity index (χ0v) is 19.0. The van der Waals surface area contributed by atoms with Crippen LogP contribution in [0.15, 0.2) is 58.7 Å². The first-order valence-electron chi connectivity index (χ1n) is 9.94. The molecule has 1 aliphatic rings. The highest BCUT2D eigenvalue weighted by atomic mass is 16.5. The van der Waals surface area contributed by atoms with Crippen molar-refractivity contribution in [2.75, 3.05) is 0 Å². The Morgan fingerprint density at radius 3 is 2.28 bits per heavy atom. The zero-order valence-electron chi connectivity index (χ0n) is 19.0. The number of ether oxygens (including phenoxy) is 1. The third kappa shape index (κ3) is 10.0. The molecule has 4 heteroatoms. The van der Waals surface area contributed by atoms with Gasteiger partial charge in [-0.15, -0.1) is 0 Å². The van der Waals surface area contributed by atoms with Gasteiger partial charge in [-0.1, -0.05) is 55.4 Å². The van der Waals surface area contributed by atoms with Crippen LogP contribution >= 0.6 is 0 Å². The van der Waals surface area contributed by atoms with Crippen LogP contribution in [0.1, 0.15) is 67.7 Å². The first-order chi connectivity index (χ1) is 13.5. The number of Topliss-reactive ketones (excluding diaryl/α,β-unsaturated/α-hetero) is 1. The van der Waals surface area contributed by atoms with Crippen LogP contribution in [0, 0.1) is 5.41 Å². The lowest BCUT2D eigenvalue weighted by atomic mass is 9.72. The van der Waals surface area contributed by atoms with Gasteiger partial charge in [0.15, 0.2) is 11.9 Å². The summed E-state index contributed by atoms with van der Waals surface area (Å²) in [4.78, 5) is 30.8. The summed E-state index contributed by atoms with van der Waals surface area (Å²) in [7, 11) is 0. The summed E-state index contributed by atoms with van der Waals surface area (Å²) in [6.07, 6.45) is 14.6. The molecule has 1 aliphatic carbocycles. The molecule has 0 N–H and O–H groups in total. The average Bonchev–Trinajstić information content (AvgIpc) is 2.62. The molecule has 160 valence electrons. The number of hydrogen-bond acceptors (Lipinski definition) is 4. The first kappa shape index (κ1) is 26.5. The van der Waals surface area contributed by atoms with E-state index in [0.717, 1.165) is 11.1 Å². The molecule has 0 spiro atoms.